The summed E-state index contributed by atoms with van der Waals surface area (Å²) in [6.45, 7) is 0.755. The van der Waals surface area contributed by atoms with Gasteiger partial charge in [0.15, 0.2) is 11.5 Å². The molecule has 5 rings (SSSR count). The Hall–Kier alpha value is -3.75. The number of hydrogen-bond donors (Lipinski definition) is 1. The van der Waals surface area contributed by atoms with Crippen LogP contribution in [-0.2, 0) is 13.0 Å². The van der Waals surface area contributed by atoms with E-state index in [2.05, 4.69) is 25.1 Å². The molecule has 4 aromatic rings. The standard InChI is InChI=1S/C21H18FN5O3/c22-14-9-7-13(8-10-14)18-23-17(15-5-2-1-3-11-27(15)18)19(28)24-21-26-25-20(30-21)16-6-4-12-29-16/h4,6-10,12H,1-3,5,11H2,(H,24,26,28). The predicted octanol–water partition coefficient (Wildman–Crippen LogP) is 4.31. The number of carbonyl (C=O) groups excluding carboxylic acids is 1. The number of imidazole rings is 1. The van der Waals surface area contributed by atoms with Crippen molar-refractivity contribution < 1.29 is 18.0 Å². The third-order valence-corrected chi connectivity index (χ3v) is 5.06. The van der Waals surface area contributed by atoms with Gasteiger partial charge in [0.2, 0.25) is 0 Å². The quantitative estimate of drug-likeness (QED) is 0.541. The van der Waals surface area contributed by atoms with Crippen molar-refractivity contribution in [2.45, 2.75) is 32.2 Å². The predicted molar refractivity (Wildman–Crippen MR) is 105 cm³/mol. The van der Waals surface area contributed by atoms with Crippen LogP contribution in [0.4, 0.5) is 10.4 Å². The van der Waals surface area contributed by atoms with Crippen molar-refractivity contribution >= 4 is 11.9 Å². The highest BCUT2D eigenvalue weighted by Gasteiger charge is 2.25. The molecular weight excluding hydrogens is 389 g/mol. The van der Waals surface area contributed by atoms with Gasteiger partial charge in [-0.3, -0.25) is 10.1 Å². The lowest BCUT2D eigenvalue weighted by atomic mass is 10.1. The van der Waals surface area contributed by atoms with Gasteiger partial charge in [-0.1, -0.05) is 11.5 Å². The summed E-state index contributed by atoms with van der Waals surface area (Å²) in [5, 5.41) is 10.4. The average molecular weight is 407 g/mol. The zero-order valence-electron chi connectivity index (χ0n) is 16.0. The maximum atomic E-state index is 13.4. The van der Waals surface area contributed by atoms with Gasteiger partial charge in [-0.25, -0.2) is 9.37 Å². The first kappa shape index (κ1) is 18.3. The van der Waals surface area contributed by atoms with E-state index in [1.165, 1.54) is 18.4 Å². The Morgan fingerprint density at radius 1 is 1.10 bits per heavy atom. The molecule has 0 bridgehead atoms. The number of hydrogen-bond acceptors (Lipinski definition) is 6. The molecule has 1 aliphatic rings. The Labute approximate surface area is 170 Å². The summed E-state index contributed by atoms with van der Waals surface area (Å²) in [7, 11) is 0. The molecule has 0 aliphatic carbocycles. The van der Waals surface area contributed by atoms with Crippen molar-refractivity contribution in [2.75, 3.05) is 5.32 Å². The molecule has 4 heterocycles. The molecule has 1 N–H and O–H groups in total. The molecule has 0 atom stereocenters. The van der Waals surface area contributed by atoms with E-state index in [9.17, 15) is 9.18 Å². The number of rotatable bonds is 4. The summed E-state index contributed by atoms with van der Waals surface area (Å²) in [4.78, 5) is 17.6. The summed E-state index contributed by atoms with van der Waals surface area (Å²) in [5.41, 5.74) is 1.93. The Morgan fingerprint density at radius 2 is 1.97 bits per heavy atom. The van der Waals surface area contributed by atoms with Crippen molar-refractivity contribution in [2.24, 2.45) is 0 Å². The first-order valence-corrected chi connectivity index (χ1v) is 9.73. The second-order valence-electron chi connectivity index (χ2n) is 7.04. The molecule has 0 unspecified atom stereocenters. The third-order valence-electron chi connectivity index (χ3n) is 5.06. The maximum absolute atomic E-state index is 13.4. The summed E-state index contributed by atoms with van der Waals surface area (Å²) in [5.74, 6) is 0.494. The first-order valence-electron chi connectivity index (χ1n) is 9.73. The molecule has 0 saturated carbocycles. The molecule has 152 valence electrons. The number of carbonyl (C=O) groups is 1. The second kappa shape index (κ2) is 7.58. The minimum absolute atomic E-state index is 0.0369. The van der Waals surface area contributed by atoms with Crippen LogP contribution in [0.15, 0.2) is 51.5 Å². The molecule has 0 saturated heterocycles. The van der Waals surface area contributed by atoms with Crippen molar-refractivity contribution in [3.63, 3.8) is 0 Å². The van der Waals surface area contributed by atoms with E-state index in [1.807, 2.05) is 0 Å². The zero-order chi connectivity index (χ0) is 20.5. The first-order chi connectivity index (χ1) is 14.7. The van der Waals surface area contributed by atoms with Crippen LogP contribution in [-0.4, -0.2) is 25.7 Å². The minimum atomic E-state index is -0.427. The minimum Gasteiger partial charge on any atom is -0.459 e. The summed E-state index contributed by atoms with van der Waals surface area (Å²) < 4.78 is 26.1. The van der Waals surface area contributed by atoms with Crippen molar-refractivity contribution in [3.05, 3.63) is 59.9 Å². The van der Waals surface area contributed by atoms with Crippen LogP contribution in [0, 0.1) is 5.82 Å². The number of furan rings is 1. The van der Waals surface area contributed by atoms with Crippen LogP contribution in [0.1, 0.15) is 35.4 Å². The van der Waals surface area contributed by atoms with Gasteiger partial charge in [0.05, 0.1) is 12.0 Å². The van der Waals surface area contributed by atoms with Crippen molar-refractivity contribution in [1.82, 2.24) is 19.7 Å². The lowest BCUT2D eigenvalue weighted by Gasteiger charge is -2.08. The van der Waals surface area contributed by atoms with Gasteiger partial charge in [-0.2, -0.15) is 0 Å². The lowest BCUT2D eigenvalue weighted by molar-refractivity contribution is 0.101. The van der Waals surface area contributed by atoms with E-state index in [-0.39, 0.29) is 17.7 Å². The van der Waals surface area contributed by atoms with E-state index in [0.29, 0.717) is 17.3 Å². The fourth-order valence-corrected chi connectivity index (χ4v) is 3.65. The number of fused-ring (bicyclic) bond motifs is 1. The van der Waals surface area contributed by atoms with Gasteiger partial charge < -0.3 is 13.4 Å². The van der Waals surface area contributed by atoms with Crippen LogP contribution in [0.3, 0.4) is 0 Å². The number of nitrogens with one attached hydrogen (secondary N) is 1. The molecule has 9 heteroatoms. The van der Waals surface area contributed by atoms with E-state index >= 15 is 0 Å². The fourth-order valence-electron chi connectivity index (χ4n) is 3.65. The third kappa shape index (κ3) is 3.38. The second-order valence-corrected chi connectivity index (χ2v) is 7.04. The number of amides is 1. The van der Waals surface area contributed by atoms with Crippen LogP contribution in [0.25, 0.3) is 23.0 Å². The molecule has 8 nitrogen and oxygen atoms in total. The van der Waals surface area contributed by atoms with Crippen LogP contribution < -0.4 is 5.32 Å². The van der Waals surface area contributed by atoms with E-state index < -0.39 is 5.91 Å². The smallest absolute Gasteiger partial charge is 0.322 e. The molecule has 3 aromatic heterocycles. The summed E-state index contributed by atoms with van der Waals surface area (Å²) in [6, 6.07) is 9.48. The molecule has 0 fully saturated rings. The van der Waals surface area contributed by atoms with Gasteiger partial charge in [0.1, 0.15) is 11.6 Å². The van der Waals surface area contributed by atoms with Crippen molar-refractivity contribution in [1.29, 1.82) is 0 Å². The van der Waals surface area contributed by atoms with Gasteiger partial charge >= 0.3 is 6.01 Å². The summed E-state index contributed by atoms with van der Waals surface area (Å²) in [6.07, 6.45) is 5.27. The monoisotopic (exact) mass is 407 g/mol. The lowest BCUT2D eigenvalue weighted by Crippen LogP contribution is -2.15. The normalized spacial score (nSPS) is 13.6. The highest BCUT2D eigenvalue weighted by Crippen LogP contribution is 2.28. The largest absolute Gasteiger partial charge is 0.459 e. The van der Waals surface area contributed by atoms with Gasteiger partial charge in [0.25, 0.3) is 11.8 Å². The molecule has 1 aromatic carbocycles. The Kier molecular flexibility index (Phi) is 4.62. The van der Waals surface area contributed by atoms with Crippen molar-refractivity contribution in [3.8, 4) is 23.0 Å². The molecule has 0 spiro atoms. The van der Waals surface area contributed by atoms with Crippen LogP contribution >= 0.6 is 0 Å². The Balaban J connectivity index is 1.47. The van der Waals surface area contributed by atoms with E-state index in [4.69, 9.17) is 8.83 Å². The number of aromatic nitrogens is 4. The van der Waals surface area contributed by atoms with Gasteiger partial charge in [0, 0.05) is 12.1 Å². The number of anilines is 1. The number of nitrogens with zero attached hydrogens (tertiary/aromatic N) is 4. The zero-order valence-corrected chi connectivity index (χ0v) is 16.0. The molecule has 1 aliphatic heterocycles. The van der Waals surface area contributed by atoms with E-state index in [1.54, 1.807) is 24.3 Å². The Bertz CT molecular complexity index is 1180. The van der Waals surface area contributed by atoms with E-state index in [0.717, 1.165) is 43.5 Å². The molecular formula is C21H18FN5O3. The maximum Gasteiger partial charge on any atom is 0.322 e. The highest BCUT2D eigenvalue weighted by molar-refractivity contribution is 6.03. The molecule has 0 radical (unpaired) electrons. The number of halogens is 1. The topological polar surface area (TPSA) is 99.0 Å². The average Bonchev–Trinajstić information content (AvgIpc) is 3.46. The molecule has 30 heavy (non-hydrogen) atoms. The molecule has 1 amide bonds. The Morgan fingerprint density at radius 3 is 2.77 bits per heavy atom. The van der Waals surface area contributed by atoms with Gasteiger partial charge in [-0.05, 0) is 55.7 Å². The van der Waals surface area contributed by atoms with Gasteiger partial charge in [-0.15, -0.1) is 5.10 Å². The highest BCUT2D eigenvalue weighted by atomic mass is 19.1. The van der Waals surface area contributed by atoms with Crippen LogP contribution in [0.5, 0.6) is 0 Å². The fraction of sp³-hybridized carbons (Fsp3) is 0.238. The summed E-state index contributed by atoms with van der Waals surface area (Å²) >= 11 is 0. The van der Waals surface area contributed by atoms with Crippen LogP contribution in [0.2, 0.25) is 0 Å². The number of benzene rings is 1. The SMILES string of the molecule is O=C(Nc1nnc(-c2ccco2)o1)c1nc(-c2ccc(F)cc2)n2c1CCCCC2.